The summed E-state index contributed by atoms with van der Waals surface area (Å²) in [6.07, 6.45) is 0. The molecule has 0 spiro atoms. The van der Waals surface area contributed by atoms with E-state index in [0.29, 0.717) is 12.5 Å². The molecule has 3 heteroatoms. The molecule has 0 heterocycles. The topological polar surface area (TPSA) is 15.3 Å². The Morgan fingerprint density at radius 1 is 1.35 bits per heavy atom. The Bertz CT molecular complexity index is 350. The second kappa shape index (κ2) is 6.60. The van der Waals surface area contributed by atoms with Crippen LogP contribution in [-0.2, 0) is 6.54 Å². The molecule has 0 amide bonds. The predicted molar refractivity (Wildman–Crippen MR) is 71.9 cm³/mol. The lowest BCUT2D eigenvalue weighted by molar-refractivity contribution is 0.534. The van der Waals surface area contributed by atoms with Gasteiger partial charge in [-0.05, 0) is 31.5 Å². The average Bonchev–Trinajstić information content (AvgIpc) is 2.29. The molecule has 0 bridgehead atoms. The van der Waals surface area contributed by atoms with Crippen molar-refractivity contribution in [2.24, 2.45) is 5.92 Å². The van der Waals surface area contributed by atoms with Crippen LogP contribution in [0.25, 0.3) is 0 Å². The molecule has 0 atom stereocenters. The van der Waals surface area contributed by atoms with Crippen molar-refractivity contribution < 1.29 is 4.39 Å². The van der Waals surface area contributed by atoms with E-state index in [0.717, 1.165) is 24.3 Å². The summed E-state index contributed by atoms with van der Waals surface area (Å²) in [5.74, 6) is 0.452. The molecule has 0 aliphatic rings. The third-order valence-corrected chi connectivity index (χ3v) is 2.83. The minimum absolute atomic E-state index is 0.126. The van der Waals surface area contributed by atoms with E-state index in [4.69, 9.17) is 0 Å². The second-order valence-electron chi connectivity index (χ2n) is 4.78. The first-order valence-corrected chi connectivity index (χ1v) is 6.25. The first-order chi connectivity index (χ1) is 8.06. The van der Waals surface area contributed by atoms with E-state index in [1.807, 2.05) is 13.1 Å². The Morgan fingerprint density at radius 2 is 2.06 bits per heavy atom. The number of hydrogen-bond donors (Lipinski definition) is 1. The van der Waals surface area contributed by atoms with Gasteiger partial charge in [0.05, 0.1) is 0 Å². The van der Waals surface area contributed by atoms with E-state index < -0.39 is 0 Å². The largest absolute Gasteiger partial charge is 0.375 e. The highest BCUT2D eigenvalue weighted by Crippen LogP contribution is 2.22. The van der Waals surface area contributed by atoms with Crippen molar-refractivity contribution in [1.82, 2.24) is 5.32 Å². The van der Waals surface area contributed by atoms with Gasteiger partial charge in [0.15, 0.2) is 0 Å². The summed E-state index contributed by atoms with van der Waals surface area (Å²) in [6.45, 7) is 8.73. The molecule has 0 saturated heterocycles. The Hall–Kier alpha value is -1.09. The molecule has 17 heavy (non-hydrogen) atoms. The van der Waals surface area contributed by atoms with Crippen molar-refractivity contribution in [3.05, 3.63) is 29.6 Å². The second-order valence-corrected chi connectivity index (χ2v) is 4.78. The van der Waals surface area contributed by atoms with Gasteiger partial charge < -0.3 is 10.2 Å². The van der Waals surface area contributed by atoms with E-state index in [2.05, 4.69) is 31.0 Å². The Labute approximate surface area is 104 Å². The fraction of sp³-hybridized carbons (Fsp3) is 0.571. The quantitative estimate of drug-likeness (QED) is 0.819. The molecular formula is C14H23FN2. The monoisotopic (exact) mass is 238 g/mol. The van der Waals surface area contributed by atoms with Crippen molar-refractivity contribution in [2.45, 2.75) is 27.3 Å². The highest BCUT2D eigenvalue weighted by Gasteiger charge is 2.10. The van der Waals surface area contributed by atoms with Gasteiger partial charge in [-0.25, -0.2) is 4.39 Å². The highest BCUT2D eigenvalue weighted by atomic mass is 19.1. The van der Waals surface area contributed by atoms with Crippen molar-refractivity contribution >= 4 is 5.69 Å². The van der Waals surface area contributed by atoms with E-state index in [-0.39, 0.29) is 5.82 Å². The molecule has 1 aromatic rings. The molecule has 96 valence electrons. The molecule has 1 rings (SSSR count). The van der Waals surface area contributed by atoms with Crippen LogP contribution in [0.1, 0.15) is 26.3 Å². The molecule has 0 saturated carbocycles. The minimum Gasteiger partial charge on any atom is -0.375 e. The standard InChI is InChI=1S/C14H23FN2/c1-5-17(4)14-8-6-7-13(15)12(14)10-16-9-11(2)3/h6-8,11,16H,5,9-10H2,1-4H3. The molecule has 0 aromatic heterocycles. The number of halogens is 1. The predicted octanol–water partition coefficient (Wildman–Crippen LogP) is 3.03. The summed E-state index contributed by atoms with van der Waals surface area (Å²) in [7, 11) is 1.99. The SMILES string of the molecule is CCN(C)c1cccc(F)c1CNCC(C)C. The fourth-order valence-corrected chi connectivity index (χ4v) is 1.74. The maximum absolute atomic E-state index is 13.8. The van der Waals surface area contributed by atoms with Gasteiger partial charge in [-0.2, -0.15) is 0 Å². The first-order valence-electron chi connectivity index (χ1n) is 6.25. The molecule has 0 aliphatic carbocycles. The van der Waals surface area contributed by atoms with Crippen molar-refractivity contribution in [3.8, 4) is 0 Å². The van der Waals surface area contributed by atoms with Gasteiger partial charge in [0.25, 0.3) is 0 Å². The fourth-order valence-electron chi connectivity index (χ4n) is 1.74. The summed E-state index contributed by atoms with van der Waals surface area (Å²) in [5.41, 5.74) is 1.74. The lowest BCUT2D eigenvalue weighted by atomic mass is 10.1. The molecule has 2 nitrogen and oxygen atoms in total. The van der Waals surface area contributed by atoms with Gasteiger partial charge in [0, 0.05) is 31.4 Å². The average molecular weight is 238 g/mol. The van der Waals surface area contributed by atoms with Crippen molar-refractivity contribution in [3.63, 3.8) is 0 Å². The molecular weight excluding hydrogens is 215 g/mol. The number of anilines is 1. The summed E-state index contributed by atoms with van der Waals surface area (Å²) < 4.78 is 13.8. The van der Waals surface area contributed by atoms with Crippen LogP contribution < -0.4 is 10.2 Å². The Kier molecular flexibility index (Phi) is 5.42. The number of rotatable bonds is 6. The molecule has 1 N–H and O–H groups in total. The molecule has 0 unspecified atom stereocenters. The van der Waals surface area contributed by atoms with Gasteiger partial charge in [-0.15, -0.1) is 0 Å². The van der Waals surface area contributed by atoms with Crippen molar-refractivity contribution in [2.75, 3.05) is 25.0 Å². The van der Waals surface area contributed by atoms with Crippen LogP contribution in [0.4, 0.5) is 10.1 Å². The van der Waals surface area contributed by atoms with Crippen LogP contribution in [0.15, 0.2) is 18.2 Å². The summed E-state index contributed by atoms with van der Waals surface area (Å²) in [6, 6.07) is 5.27. The summed E-state index contributed by atoms with van der Waals surface area (Å²) in [4.78, 5) is 2.06. The van der Waals surface area contributed by atoms with Crippen molar-refractivity contribution in [1.29, 1.82) is 0 Å². The van der Waals surface area contributed by atoms with Gasteiger partial charge in [0.2, 0.25) is 0 Å². The van der Waals surface area contributed by atoms with E-state index in [1.165, 1.54) is 6.07 Å². The third-order valence-electron chi connectivity index (χ3n) is 2.83. The Morgan fingerprint density at radius 3 is 2.65 bits per heavy atom. The number of nitrogens with one attached hydrogen (secondary N) is 1. The van der Waals surface area contributed by atoms with Gasteiger partial charge in [-0.3, -0.25) is 0 Å². The molecule has 0 aliphatic heterocycles. The summed E-state index contributed by atoms with van der Waals surface area (Å²) >= 11 is 0. The zero-order valence-corrected chi connectivity index (χ0v) is 11.3. The van der Waals surface area contributed by atoms with Gasteiger partial charge >= 0.3 is 0 Å². The van der Waals surface area contributed by atoms with Gasteiger partial charge in [0.1, 0.15) is 5.82 Å². The van der Waals surface area contributed by atoms with Crippen LogP contribution >= 0.6 is 0 Å². The minimum atomic E-state index is -0.126. The maximum atomic E-state index is 13.8. The van der Waals surface area contributed by atoms with Crippen LogP contribution in [0.5, 0.6) is 0 Å². The molecule has 0 fully saturated rings. The van der Waals surface area contributed by atoms with Crippen LogP contribution in [-0.4, -0.2) is 20.1 Å². The molecule has 0 radical (unpaired) electrons. The number of hydrogen-bond acceptors (Lipinski definition) is 2. The lowest BCUT2D eigenvalue weighted by Gasteiger charge is -2.21. The zero-order chi connectivity index (χ0) is 12.8. The highest BCUT2D eigenvalue weighted by molar-refractivity contribution is 5.53. The van der Waals surface area contributed by atoms with E-state index in [9.17, 15) is 4.39 Å². The normalized spacial score (nSPS) is 10.9. The van der Waals surface area contributed by atoms with E-state index >= 15 is 0 Å². The van der Waals surface area contributed by atoms with Gasteiger partial charge in [-0.1, -0.05) is 19.9 Å². The maximum Gasteiger partial charge on any atom is 0.129 e. The third kappa shape index (κ3) is 4.00. The van der Waals surface area contributed by atoms with Crippen LogP contribution in [0, 0.1) is 11.7 Å². The van der Waals surface area contributed by atoms with Crippen LogP contribution in [0.2, 0.25) is 0 Å². The lowest BCUT2D eigenvalue weighted by Crippen LogP contribution is -2.23. The van der Waals surface area contributed by atoms with E-state index in [1.54, 1.807) is 6.07 Å². The smallest absolute Gasteiger partial charge is 0.129 e. The number of nitrogens with zero attached hydrogens (tertiary/aromatic N) is 1. The number of benzene rings is 1. The Balaban J connectivity index is 2.80. The summed E-state index contributed by atoms with van der Waals surface area (Å²) in [5, 5.41) is 3.29. The zero-order valence-electron chi connectivity index (χ0n) is 11.3. The molecule has 1 aromatic carbocycles. The first kappa shape index (κ1) is 14.0. The van der Waals surface area contributed by atoms with Crippen LogP contribution in [0.3, 0.4) is 0 Å².